The van der Waals surface area contributed by atoms with Gasteiger partial charge in [-0.2, -0.15) is 11.8 Å². The van der Waals surface area contributed by atoms with Crippen LogP contribution in [0, 0.1) is 0 Å². The number of carbonyl (C=O) groups is 2. The van der Waals surface area contributed by atoms with Crippen molar-refractivity contribution in [3.63, 3.8) is 0 Å². The molecule has 3 atom stereocenters. The van der Waals surface area contributed by atoms with Gasteiger partial charge in [-0.15, -0.1) is 0 Å². The molecule has 2 amide bonds. The zero-order valence-corrected chi connectivity index (χ0v) is 14.9. The third-order valence-corrected chi connectivity index (χ3v) is 5.70. The van der Waals surface area contributed by atoms with E-state index in [2.05, 4.69) is 5.32 Å². The molecule has 0 radical (unpaired) electrons. The Morgan fingerprint density at radius 1 is 1.50 bits per heavy atom. The molecule has 7 heteroatoms. The van der Waals surface area contributed by atoms with Gasteiger partial charge < -0.3 is 19.7 Å². The van der Waals surface area contributed by atoms with E-state index in [0.29, 0.717) is 23.6 Å². The van der Waals surface area contributed by atoms with Gasteiger partial charge in [-0.1, -0.05) is 0 Å². The second-order valence-corrected chi connectivity index (χ2v) is 6.95. The molecule has 1 heterocycles. The Morgan fingerprint density at radius 2 is 2.29 bits per heavy atom. The van der Waals surface area contributed by atoms with Crippen LogP contribution in [0.5, 0.6) is 5.75 Å². The summed E-state index contributed by atoms with van der Waals surface area (Å²) >= 11 is 1.72. The number of hydrogen-bond acceptors (Lipinski definition) is 5. The number of rotatable bonds is 5. The van der Waals surface area contributed by atoms with E-state index in [4.69, 9.17) is 9.47 Å². The number of anilines is 1. The van der Waals surface area contributed by atoms with Crippen molar-refractivity contribution in [3.8, 4) is 5.75 Å². The maximum Gasteiger partial charge on any atom is 0.264 e. The van der Waals surface area contributed by atoms with Crippen LogP contribution < -0.4 is 15.0 Å². The Balaban J connectivity index is 1.69. The molecule has 6 nitrogen and oxygen atoms in total. The molecule has 1 aromatic carbocycles. The Kier molecular flexibility index (Phi) is 5.01. The summed E-state index contributed by atoms with van der Waals surface area (Å²) in [5, 5.41) is 3.35. The Morgan fingerprint density at radius 3 is 3.00 bits per heavy atom. The van der Waals surface area contributed by atoms with Gasteiger partial charge in [0.15, 0.2) is 6.61 Å². The van der Waals surface area contributed by atoms with Gasteiger partial charge in [0.05, 0.1) is 17.0 Å². The Bertz CT molecular complexity index is 651. The first-order chi connectivity index (χ1) is 11.5. The van der Waals surface area contributed by atoms with Gasteiger partial charge in [-0.05, 0) is 37.8 Å². The molecule has 2 aliphatic rings. The minimum Gasteiger partial charge on any atom is -0.482 e. The molecule has 3 rings (SSSR count). The highest BCUT2D eigenvalue weighted by Crippen LogP contribution is 2.35. The second kappa shape index (κ2) is 7.03. The highest BCUT2D eigenvalue weighted by Gasteiger charge is 2.42. The summed E-state index contributed by atoms with van der Waals surface area (Å²) in [5.74, 6) is 0.361. The highest BCUT2D eigenvalue weighted by molar-refractivity contribution is 7.99. The molecule has 1 aliphatic heterocycles. The first-order valence-corrected chi connectivity index (χ1v) is 9.32. The summed E-state index contributed by atoms with van der Waals surface area (Å²) in [6.45, 7) is 2.70. The lowest BCUT2D eigenvalue weighted by molar-refractivity contribution is -0.120. The van der Waals surface area contributed by atoms with E-state index in [1.165, 1.54) is 4.90 Å². The maximum atomic E-state index is 12.5. The molecule has 1 fully saturated rings. The van der Waals surface area contributed by atoms with Crippen LogP contribution in [0.4, 0.5) is 5.69 Å². The lowest BCUT2D eigenvalue weighted by Gasteiger charge is -2.43. The first-order valence-electron chi connectivity index (χ1n) is 8.03. The predicted molar refractivity (Wildman–Crippen MR) is 93.9 cm³/mol. The number of benzene rings is 1. The zero-order valence-electron chi connectivity index (χ0n) is 14.1. The van der Waals surface area contributed by atoms with Crippen LogP contribution in [0.2, 0.25) is 0 Å². The van der Waals surface area contributed by atoms with Gasteiger partial charge in [0.1, 0.15) is 5.75 Å². The van der Waals surface area contributed by atoms with Crippen molar-refractivity contribution in [2.24, 2.45) is 0 Å². The van der Waals surface area contributed by atoms with E-state index >= 15 is 0 Å². The Labute approximate surface area is 145 Å². The van der Waals surface area contributed by atoms with Crippen molar-refractivity contribution >= 4 is 29.3 Å². The third kappa shape index (κ3) is 3.10. The normalized spacial score (nSPS) is 25.5. The molecular formula is C17H22N2O4S. The van der Waals surface area contributed by atoms with Crippen molar-refractivity contribution in [3.05, 3.63) is 23.8 Å². The topological polar surface area (TPSA) is 67.9 Å². The standard InChI is InChI=1S/C17H22N2O4S/c1-4-22-14-8-11(16(14)24-3)18-17(21)10-5-6-13-12(7-10)19(2)15(20)9-23-13/h5-7,11,14,16H,4,8-9H2,1-3H3,(H,18,21)/t11-,14-,16+/m1/s1. The molecule has 1 aromatic rings. The monoisotopic (exact) mass is 350 g/mol. The van der Waals surface area contributed by atoms with Gasteiger partial charge in [-0.25, -0.2) is 0 Å². The van der Waals surface area contributed by atoms with E-state index in [1.807, 2.05) is 13.2 Å². The summed E-state index contributed by atoms with van der Waals surface area (Å²) in [5.41, 5.74) is 1.15. The minimum absolute atomic E-state index is 0.0331. The predicted octanol–water partition coefficient (Wildman–Crippen LogP) is 1.68. The fourth-order valence-corrected chi connectivity index (χ4v) is 4.08. The van der Waals surface area contributed by atoms with E-state index in [9.17, 15) is 9.59 Å². The number of nitrogens with one attached hydrogen (secondary N) is 1. The molecule has 130 valence electrons. The molecule has 0 bridgehead atoms. The van der Waals surface area contributed by atoms with Crippen LogP contribution >= 0.6 is 11.8 Å². The quantitative estimate of drug-likeness (QED) is 0.875. The summed E-state index contributed by atoms with van der Waals surface area (Å²) in [4.78, 5) is 25.8. The molecule has 0 spiro atoms. The first kappa shape index (κ1) is 17.1. The van der Waals surface area contributed by atoms with E-state index in [0.717, 1.165) is 6.42 Å². The summed E-state index contributed by atoms with van der Waals surface area (Å²) in [7, 11) is 1.69. The number of likely N-dealkylation sites (N-methyl/N-ethyl adjacent to an activating group) is 1. The largest absolute Gasteiger partial charge is 0.482 e. The average molecular weight is 350 g/mol. The fourth-order valence-electron chi connectivity index (χ4n) is 3.08. The fraction of sp³-hybridized carbons (Fsp3) is 0.529. The molecule has 0 saturated heterocycles. The summed E-state index contributed by atoms with van der Waals surface area (Å²) < 4.78 is 11.1. The molecule has 1 N–H and O–H groups in total. The second-order valence-electron chi connectivity index (χ2n) is 5.93. The SMILES string of the molecule is CCO[C@@H]1C[C@@H](NC(=O)c2ccc3c(c2)N(C)C(=O)CO3)[C@@H]1SC. The van der Waals surface area contributed by atoms with Crippen LogP contribution in [0.15, 0.2) is 18.2 Å². The van der Waals surface area contributed by atoms with Crippen LogP contribution in [-0.4, -0.2) is 55.7 Å². The van der Waals surface area contributed by atoms with Gasteiger partial charge in [0.25, 0.3) is 11.8 Å². The molecule has 0 aromatic heterocycles. The lowest BCUT2D eigenvalue weighted by Crippen LogP contribution is -2.58. The van der Waals surface area contributed by atoms with E-state index in [1.54, 1.807) is 37.0 Å². The van der Waals surface area contributed by atoms with E-state index in [-0.39, 0.29) is 35.8 Å². The average Bonchev–Trinajstić information content (AvgIpc) is 2.57. The van der Waals surface area contributed by atoms with Crippen molar-refractivity contribution in [1.29, 1.82) is 0 Å². The highest BCUT2D eigenvalue weighted by atomic mass is 32.2. The number of nitrogens with zero attached hydrogens (tertiary/aromatic N) is 1. The number of carbonyl (C=O) groups excluding carboxylic acids is 2. The van der Waals surface area contributed by atoms with Crippen molar-refractivity contribution < 1.29 is 19.1 Å². The number of amides is 2. The third-order valence-electron chi connectivity index (χ3n) is 4.53. The number of thioether (sulfide) groups is 1. The summed E-state index contributed by atoms with van der Waals surface area (Å²) in [6, 6.07) is 5.28. The van der Waals surface area contributed by atoms with Gasteiger partial charge in [0.2, 0.25) is 0 Å². The lowest BCUT2D eigenvalue weighted by atomic mass is 9.88. The number of fused-ring (bicyclic) bond motifs is 1. The molecular weight excluding hydrogens is 328 g/mol. The maximum absolute atomic E-state index is 12.5. The van der Waals surface area contributed by atoms with Crippen LogP contribution in [0.25, 0.3) is 0 Å². The molecule has 1 aliphatic carbocycles. The zero-order chi connectivity index (χ0) is 17.3. The van der Waals surface area contributed by atoms with Crippen molar-refractivity contribution in [1.82, 2.24) is 5.32 Å². The molecule has 0 unspecified atom stereocenters. The van der Waals surface area contributed by atoms with Crippen LogP contribution in [-0.2, 0) is 9.53 Å². The van der Waals surface area contributed by atoms with E-state index < -0.39 is 0 Å². The number of hydrogen-bond donors (Lipinski definition) is 1. The van der Waals surface area contributed by atoms with Crippen molar-refractivity contribution in [2.45, 2.75) is 30.7 Å². The summed E-state index contributed by atoms with van der Waals surface area (Å²) in [6.07, 6.45) is 3.07. The number of ether oxygens (including phenoxy) is 2. The Hall–Kier alpha value is -1.73. The molecule has 1 saturated carbocycles. The van der Waals surface area contributed by atoms with Crippen molar-refractivity contribution in [2.75, 3.05) is 31.4 Å². The minimum atomic E-state index is -0.136. The van der Waals surface area contributed by atoms with Gasteiger partial charge in [-0.3, -0.25) is 9.59 Å². The smallest absolute Gasteiger partial charge is 0.264 e. The van der Waals surface area contributed by atoms with Crippen LogP contribution in [0.1, 0.15) is 23.7 Å². The van der Waals surface area contributed by atoms with Gasteiger partial charge in [0, 0.05) is 25.3 Å². The molecule has 24 heavy (non-hydrogen) atoms. The van der Waals surface area contributed by atoms with Gasteiger partial charge >= 0.3 is 0 Å². The van der Waals surface area contributed by atoms with Crippen LogP contribution in [0.3, 0.4) is 0 Å².